The Morgan fingerprint density at radius 2 is 1.71 bits per heavy atom. The highest BCUT2D eigenvalue weighted by molar-refractivity contribution is 4.70. The summed E-state index contributed by atoms with van der Waals surface area (Å²) in [4.78, 5) is 0. The Hall–Kier alpha value is -0.380. The maximum Gasteiger partial charge on any atom is 0.180 e. The van der Waals surface area contributed by atoms with Crippen LogP contribution in [0.15, 0.2) is 12.7 Å². The lowest BCUT2D eigenvalue weighted by atomic mass is 10.3. The third-order valence-electron chi connectivity index (χ3n) is 1.72. The Kier molecular flexibility index (Phi) is 8.94. The first kappa shape index (κ1) is 13.6. The molecule has 0 N–H and O–H groups in total. The number of hydrogen-bond acceptors (Lipinski definition) is 3. The average Bonchev–Trinajstić information content (AvgIpc) is 2.15. The molecule has 0 heterocycles. The van der Waals surface area contributed by atoms with Gasteiger partial charge in [0.05, 0.1) is 12.7 Å². The number of ether oxygens (including phenoxy) is 3. The molecule has 0 radical (unpaired) electrons. The van der Waals surface area contributed by atoms with Crippen molar-refractivity contribution in [2.75, 3.05) is 19.8 Å². The van der Waals surface area contributed by atoms with E-state index in [4.69, 9.17) is 14.2 Å². The third kappa shape index (κ3) is 7.06. The SMILES string of the molecule is C=CCC(C)OCC(OCC)OCC. The quantitative estimate of drug-likeness (QED) is 0.424. The monoisotopic (exact) mass is 202 g/mol. The molecule has 0 aromatic rings. The summed E-state index contributed by atoms with van der Waals surface area (Å²) in [5.41, 5.74) is 0. The van der Waals surface area contributed by atoms with Gasteiger partial charge in [0.2, 0.25) is 0 Å². The highest BCUT2D eigenvalue weighted by Gasteiger charge is 2.09. The largest absolute Gasteiger partial charge is 0.373 e. The Morgan fingerprint density at radius 1 is 1.14 bits per heavy atom. The molecule has 3 heteroatoms. The van der Waals surface area contributed by atoms with Crippen LogP contribution >= 0.6 is 0 Å². The molecule has 0 spiro atoms. The third-order valence-corrected chi connectivity index (χ3v) is 1.72. The minimum absolute atomic E-state index is 0.177. The maximum absolute atomic E-state index is 5.53. The van der Waals surface area contributed by atoms with Crippen molar-refractivity contribution in [2.45, 2.75) is 39.6 Å². The van der Waals surface area contributed by atoms with Crippen molar-refractivity contribution in [1.82, 2.24) is 0 Å². The van der Waals surface area contributed by atoms with Crippen LogP contribution in [-0.4, -0.2) is 32.2 Å². The predicted octanol–water partition coefficient (Wildman–Crippen LogP) is 2.37. The first-order valence-corrected chi connectivity index (χ1v) is 5.20. The number of rotatable bonds is 9. The van der Waals surface area contributed by atoms with Crippen LogP contribution < -0.4 is 0 Å². The van der Waals surface area contributed by atoms with E-state index in [1.165, 1.54) is 0 Å². The van der Waals surface area contributed by atoms with E-state index < -0.39 is 0 Å². The molecule has 14 heavy (non-hydrogen) atoms. The second-order valence-electron chi connectivity index (χ2n) is 3.01. The zero-order valence-corrected chi connectivity index (χ0v) is 9.49. The second-order valence-corrected chi connectivity index (χ2v) is 3.01. The molecule has 84 valence electrons. The van der Waals surface area contributed by atoms with Crippen molar-refractivity contribution in [3.05, 3.63) is 12.7 Å². The van der Waals surface area contributed by atoms with Crippen molar-refractivity contribution in [3.63, 3.8) is 0 Å². The van der Waals surface area contributed by atoms with Crippen LogP contribution in [0.4, 0.5) is 0 Å². The van der Waals surface area contributed by atoms with Crippen LogP contribution in [-0.2, 0) is 14.2 Å². The summed E-state index contributed by atoms with van der Waals surface area (Å²) < 4.78 is 16.2. The molecule has 1 unspecified atom stereocenters. The topological polar surface area (TPSA) is 27.7 Å². The van der Waals surface area contributed by atoms with E-state index in [0.29, 0.717) is 19.8 Å². The minimum Gasteiger partial charge on any atom is -0.373 e. The van der Waals surface area contributed by atoms with Gasteiger partial charge in [-0.25, -0.2) is 0 Å². The van der Waals surface area contributed by atoms with E-state index >= 15 is 0 Å². The smallest absolute Gasteiger partial charge is 0.180 e. The molecule has 0 amide bonds. The Morgan fingerprint density at radius 3 is 2.14 bits per heavy atom. The maximum atomic E-state index is 5.53. The lowest BCUT2D eigenvalue weighted by Gasteiger charge is -2.19. The predicted molar refractivity (Wildman–Crippen MR) is 57.3 cm³/mol. The van der Waals surface area contributed by atoms with Gasteiger partial charge in [-0.05, 0) is 27.2 Å². The standard InChI is InChI=1S/C11H22O3/c1-5-8-10(4)14-9-11(12-6-2)13-7-3/h5,10-11H,1,6-9H2,2-4H3. The van der Waals surface area contributed by atoms with Gasteiger partial charge in [0.1, 0.15) is 0 Å². The second kappa shape index (κ2) is 9.19. The fourth-order valence-corrected chi connectivity index (χ4v) is 1.06. The summed E-state index contributed by atoms with van der Waals surface area (Å²) in [5, 5.41) is 0. The molecule has 0 rings (SSSR count). The van der Waals surface area contributed by atoms with Gasteiger partial charge in [-0.1, -0.05) is 6.08 Å². The highest BCUT2D eigenvalue weighted by atomic mass is 16.7. The molecular formula is C11H22O3. The summed E-state index contributed by atoms with van der Waals surface area (Å²) in [6, 6.07) is 0. The van der Waals surface area contributed by atoms with Crippen LogP contribution in [0.3, 0.4) is 0 Å². The Balaban J connectivity index is 3.62. The zero-order chi connectivity index (χ0) is 10.8. The van der Waals surface area contributed by atoms with Gasteiger partial charge in [-0.15, -0.1) is 6.58 Å². The minimum atomic E-state index is -0.239. The molecule has 0 aliphatic rings. The van der Waals surface area contributed by atoms with Gasteiger partial charge in [0, 0.05) is 13.2 Å². The molecule has 0 aromatic carbocycles. The molecule has 0 saturated carbocycles. The van der Waals surface area contributed by atoms with E-state index in [2.05, 4.69) is 6.58 Å². The van der Waals surface area contributed by atoms with Crippen molar-refractivity contribution in [2.24, 2.45) is 0 Å². The van der Waals surface area contributed by atoms with Crippen molar-refractivity contribution in [3.8, 4) is 0 Å². The molecule has 1 atom stereocenters. The van der Waals surface area contributed by atoms with Crippen LogP contribution in [0.2, 0.25) is 0 Å². The van der Waals surface area contributed by atoms with E-state index in [1.807, 2.05) is 26.8 Å². The summed E-state index contributed by atoms with van der Waals surface area (Å²) in [6.07, 6.45) is 2.64. The van der Waals surface area contributed by atoms with Crippen LogP contribution in [0, 0.1) is 0 Å². The van der Waals surface area contributed by atoms with Crippen molar-refractivity contribution >= 4 is 0 Å². The van der Waals surface area contributed by atoms with Crippen molar-refractivity contribution in [1.29, 1.82) is 0 Å². The molecule has 0 aliphatic carbocycles. The first-order chi connectivity index (χ1) is 6.74. The molecule has 0 aliphatic heterocycles. The summed E-state index contributed by atoms with van der Waals surface area (Å²) >= 11 is 0. The van der Waals surface area contributed by atoms with Gasteiger partial charge in [0.15, 0.2) is 6.29 Å². The normalized spacial score (nSPS) is 13.1. The summed E-state index contributed by atoms with van der Waals surface area (Å²) in [6.45, 7) is 11.3. The fourth-order valence-electron chi connectivity index (χ4n) is 1.06. The van der Waals surface area contributed by atoms with Gasteiger partial charge in [-0.3, -0.25) is 0 Å². The fraction of sp³-hybridized carbons (Fsp3) is 0.818. The summed E-state index contributed by atoms with van der Waals surface area (Å²) in [5.74, 6) is 0. The first-order valence-electron chi connectivity index (χ1n) is 5.20. The lowest BCUT2D eigenvalue weighted by molar-refractivity contribution is -0.174. The van der Waals surface area contributed by atoms with Gasteiger partial charge in [-0.2, -0.15) is 0 Å². The molecule has 0 aromatic heterocycles. The van der Waals surface area contributed by atoms with E-state index in [-0.39, 0.29) is 12.4 Å². The van der Waals surface area contributed by atoms with Crippen LogP contribution in [0.5, 0.6) is 0 Å². The molecule has 0 fully saturated rings. The lowest BCUT2D eigenvalue weighted by Crippen LogP contribution is -2.25. The Bertz CT molecular complexity index is 130. The number of hydrogen-bond donors (Lipinski definition) is 0. The summed E-state index contributed by atoms with van der Waals surface area (Å²) in [7, 11) is 0. The molecule has 3 nitrogen and oxygen atoms in total. The van der Waals surface area contributed by atoms with Gasteiger partial charge < -0.3 is 14.2 Å². The highest BCUT2D eigenvalue weighted by Crippen LogP contribution is 2.02. The van der Waals surface area contributed by atoms with Gasteiger partial charge >= 0.3 is 0 Å². The van der Waals surface area contributed by atoms with E-state index in [9.17, 15) is 0 Å². The van der Waals surface area contributed by atoms with E-state index in [0.717, 1.165) is 6.42 Å². The van der Waals surface area contributed by atoms with Crippen LogP contribution in [0.25, 0.3) is 0 Å². The van der Waals surface area contributed by atoms with Gasteiger partial charge in [0.25, 0.3) is 0 Å². The average molecular weight is 202 g/mol. The molecule has 0 saturated heterocycles. The van der Waals surface area contributed by atoms with Crippen LogP contribution in [0.1, 0.15) is 27.2 Å². The van der Waals surface area contributed by atoms with Crippen molar-refractivity contribution < 1.29 is 14.2 Å². The molecule has 0 bridgehead atoms. The molecular weight excluding hydrogens is 180 g/mol. The Labute approximate surface area is 87.0 Å². The zero-order valence-electron chi connectivity index (χ0n) is 9.49. The van der Waals surface area contributed by atoms with E-state index in [1.54, 1.807) is 0 Å².